The minimum absolute atomic E-state index is 0.0437. The van der Waals surface area contributed by atoms with E-state index in [1.54, 1.807) is 0 Å². The summed E-state index contributed by atoms with van der Waals surface area (Å²) in [5.41, 5.74) is 5.55. The van der Waals surface area contributed by atoms with Gasteiger partial charge >= 0.3 is 5.97 Å². The molecule has 0 aromatic rings. The van der Waals surface area contributed by atoms with Crippen LogP contribution >= 0.6 is 0 Å². The highest BCUT2D eigenvalue weighted by atomic mass is 16.4. The van der Waals surface area contributed by atoms with Crippen molar-refractivity contribution in [2.75, 3.05) is 13.1 Å². The molecule has 4 nitrogen and oxygen atoms in total. The van der Waals surface area contributed by atoms with Crippen molar-refractivity contribution >= 4 is 5.97 Å². The predicted molar refractivity (Wildman–Crippen MR) is 50.5 cm³/mol. The predicted octanol–water partition coefficient (Wildman–Crippen LogP) is 0.273. The van der Waals surface area contributed by atoms with Crippen LogP contribution < -0.4 is 5.73 Å². The number of nitrogens with zero attached hydrogens (tertiary/aromatic N) is 1. The van der Waals surface area contributed by atoms with Crippen LogP contribution in [0.3, 0.4) is 0 Å². The van der Waals surface area contributed by atoms with E-state index >= 15 is 0 Å². The van der Waals surface area contributed by atoms with Gasteiger partial charge in [0.25, 0.3) is 0 Å². The second-order valence-corrected chi connectivity index (χ2v) is 3.70. The number of rotatable bonds is 3. The SMILES string of the molecule is CC([C@@H](N)C(=O)O)N1CCCCC1. The molecule has 1 rings (SSSR count). The Morgan fingerprint density at radius 3 is 2.38 bits per heavy atom. The number of hydrogen-bond acceptors (Lipinski definition) is 3. The fourth-order valence-corrected chi connectivity index (χ4v) is 1.76. The summed E-state index contributed by atoms with van der Waals surface area (Å²) in [6.07, 6.45) is 3.58. The fraction of sp³-hybridized carbons (Fsp3) is 0.889. The number of carbonyl (C=O) groups is 1. The van der Waals surface area contributed by atoms with Crippen molar-refractivity contribution in [1.29, 1.82) is 0 Å². The molecule has 1 fully saturated rings. The zero-order valence-corrected chi connectivity index (χ0v) is 8.07. The molecule has 0 saturated carbocycles. The Bertz CT molecular complexity index is 178. The van der Waals surface area contributed by atoms with Gasteiger partial charge in [0.15, 0.2) is 0 Å². The smallest absolute Gasteiger partial charge is 0.322 e. The van der Waals surface area contributed by atoms with Crippen LogP contribution in [0.5, 0.6) is 0 Å². The molecule has 4 heteroatoms. The number of aliphatic carboxylic acids is 1. The first kappa shape index (κ1) is 10.5. The van der Waals surface area contributed by atoms with Gasteiger partial charge in [-0.2, -0.15) is 0 Å². The largest absolute Gasteiger partial charge is 0.480 e. The van der Waals surface area contributed by atoms with Crippen LogP contribution in [0, 0.1) is 0 Å². The number of carboxylic acids is 1. The van der Waals surface area contributed by atoms with Crippen LogP contribution in [0.15, 0.2) is 0 Å². The quantitative estimate of drug-likeness (QED) is 0.664. The molecule has 0 aromatic carbocycles. The van der Waals surface area contributed by atoms with Crippen molar-refractivity contribution in [3.8, 4) is 0 Å². The van der Waals surface area contributed by atoms with E-state index in [0.29, 0.717) is 0 Å². The normalized spacial score (nSPS) is 23.8. The maximum Gasteiger partial charge on any atom is 0.322 e. The minimum atomic E-state index is -0.905. The van der Waals surface area contributed by atoms with Crippen LogP contribution in [0.4, 0.5) is 0 Å². The highest BCUT2D eigenvalue weighted by Gasteiger charge is 2.26. The van der Waals surface area contributed by atoms with Crippen LogP contribution in [0.2, 0.25) is 0 Å². The molecule has 0 radical (unpaired) electrons. The van der Waals surface area contributed by atoms with E-state index in [1.807, 2.05) is 6.92 Å². The molecular weight excluding hydrogens is 168 g/mol. The van der Waals surface area contributed by atoms with E-state index in [2.05, 4.69) is 4.90 Å². The summed E-state index contributed by atoms with van der Waals surface area (Å²) in [6.45, 7) is 3.87. The van der Waals surface area contributed by atoms with Gasteiger partial charge in [0.05, 0.1) is 0 Å². The molecule has 13 heavy (non-hydrogen) atoms. The molecule has 1 heterocycles. The lowest BCUT2D eigenvalue weighted by atomic mass is 10.0. The van der Waals surface area contributed by atoms with Gasteiger partial charge in [0.1, 0.15) is 6.04 Å². The average molecular weight is 186 g/mol. The molecule has 1 unspecified atom stereocenters. The Labute approximate surface area is 78.7 Å². The molecule has 1 aliphatic heterocycles. The first-order valence-corrected chi connectivity index (χ1v) is 4.85. The highest BCUT2D eigenvalue weighted by molar-refractivity contribution is 5.74. The molecule has 0 bridgehead atoms. The molecule has 76 valence electrons. The number of hydrogen-bond donors (Lipinski definition) is 2. The lowest BCUT2D eigenvalue weighted by Gasteiger charge is -2.34. The first-order valence-electron chi connectivity index (χ1n) is 4.85. The molecule has 2 atom stereocenters. The van der Waals surface area contributed by atoms with Crippen molar-refractivity contribution in [2.45, 2.75) is 38.3 Å². The van der Waals surface area contributed by atoms with Crippen molar-refractivity contribution in [2.24, 2.45) is 5.73 Å². The third-order valence-electron chi connectivity index (χ3n) is 2.77. The summed E-state index contributed by atoms with van der Waals surface area (Å²) in [5.74, 6) is -0.905. The highest BCUT2D eigenvalue weighted by Crippen LogP contribution is 2.13. The summed E-state index contributed by atoms with van der Waals surface area (Å²) in [5, 5.41) is 8.73. The number of nitrogens with two attached hydrogens (primary N) is 1. The molecule has 0 spiro atoms. The van der Waals surface area contributed by atoms with Crippen molar-refractivity contribution in [1.82, 2.24) is 4.90 Å². The van der Waals surface area contributed by atoms with Gasteiger partial charge < -0.3 is 10.8 Å². The lowest BCUT2D eigenvalue weighted by molar-refractivity contribution is -0.140. The van der Waals surface area contributed by atoms with Gasteiger partial charge in [-0.3, -0.25) is 9.69 Å². The van der Waals surface area contributed by atoms with Gasteiger partial charge in [0, 0.05) is 6.04 Å². The molecular formula is C9H18N2O2. The third kappa shape index (κ3) is 2.67. The molecule has 3 N–H and O–H groups in total. The van der Waals surface area contributed by atoms with E-state index in [4.69, 9.17) is 10.8 Å². The lowest BCUT2D eigenvalue weighted by Crippen LogP contribution is -2.51. The van der Waals surface area contributed by atoms with E-state index in [-0.39, 0.29) is 6.04 Å². The summed E-state index contributed by atoms with van der Waals surface area (Å²) in [6, 6.07) is -0.795. The Kier molecular flexibility index (Phi) is 3.69. The Morgan fingerprint density at radius 2 is 1.92 bits per heavy atom. The van der Waals surface area contributed by atoms with Crippen molar-refractivity contribution < 1.29 is 9.90 Å². The molecule has 1 saturated heterocycles. The Morgan fingerprint density at radius 1 is 1.38 bits per heavy atom. The fourth-order valence-electron chi connectivity index (χ4n) is 1.76. The van der Waals surface area contributed by atoms with Gasteiger partial charge in [-0.15, -0.1) is 0 Å². The molecule has 1 aliphatic rings. The first-order chi connectivity index (χ1) is 6.13. The van der Waals surface area contributed by atoms with E-state index in [9.17, 15) is 4.79 Å². The zero-order chi connectivity index (χ0) is 9.84. The molecule has 0 amide bonds. The maximum atomic E-state index is 10.6. The van der Waals surface area contributed by atoms with E-state index in [0.717, 1.165) is 25.9 Å². The van der Waals surface area contributed by atoms with Crippen molar-refractivity contribution in [3.63, 3.8) is 0 Å². The molecule has 0 aromatic heterocycles. The summed E-state index contributed by atoms with van der Waals surface area (Å²) in [7, 11) is 0. The number of likely N-dealkylation sites (tertiary alicyclic amines) is 1. The van der Waals surface area contributed by atoms with Crippen LogP contribution in [-0.4, -0.2) is 41.1 Å². The van der Waals surface area contributed by atoms with E-state index < -0.39 is 12.0 Å². The Balaban J connectivity index is 2.44. The van der Waals surface area contributed by atoms with Gasteiger partial charge in [-0.1, -0.05) is 6.42 Å². The minimum Gasteiger partial charge on any atom is -0.480 e. The zero-order valence-electron chi connectivity index (χ0n) is 8.07. The second-order valence-electron chi connectivity index (χ2n) is 3.70. The topological polar surface area (TPSA) is 66.6 Å². The van der Waals surface area contributed by atoms with Gasteiger partial charge in [-0.05, 0) is 32.9 Å². The second kappa shape index (κ2) is 4.58. The van der Waals surface area contributed by atoms with Gasteiger partial charge in [0.2, 0.25) is 0 Å². The van der Waals surface area contributed by atoms with E-state index in [1.165, 1.54) is 6.42 Å². The number of piperidine rings is 1. The standard InChI is InChI=1S/C9H18N2O2/c1-7(8(10)9(12)13)11-5-3-2-4-6-11/h7-8H,2-6,10H2,1H3,(H,12,13)/t7?,8-/m1/s1. The van der Waals surface area contributed by atoms with Crippen LogP contribution in [-0.2, 0) is 4.79 Å². The average Bonchev–Trinajstić information content (AvgIpc) is 2.17. The maximum absolute atomic E-state index is 10.6. The van der Waals surface area contributed by atoms with Crippen LogP contribution in [0.25, 0.3) is 0 Å². The van der Waals surface area contributed by atoms with Crippen LogP contribution in [0.1, 0.15) is 26.2 Å². The summed E-state index contributed by atoms with van der Waals surface area (Å²) >= 11 is 0. The Hall–Kier alpha value is -0.610. The third-order valence-corrected chi connectivity index (χ3v) is 2.77. The van der Waals surface area contributed by atoms with Gasteiger partial charge in [-0.25, -0.2) is 0 Å². The summed E-state index contributed by atoms with van der Waals surface area (Å²) in [4.78, 5) is 12.8. The van der Waals surface area contributed by atoms with Crippen molar-refractivity contribution in [3.05, 3.63) is 0 Å². The summed E-state index contributed by atoms with van der Waals surface area (Å²) < 4.78 is 0. The number of carboxylic acid groups (broad SMARTS) is 1. The molecule has 0 aliphatic carbocycles. The monoisotopic (exact) mass is 186 g/mol.